The standard InChI is InChI=1S/C19H18Cl2F3N5O/c1-11-7-16(19(22,23)24)26-28(11)6-5-18(30)25-17-8-12(2)29(27-17)10-13-3-4-14(20)9-15(13)21/h3-4,7-9H,5-6,10H2,1-2H3,(H,25,27,30). The first-order valence-electron chi connectivity index (χ1n) is 8.93. The number of carbonyl (C=O) groups excluding carboxylic acids is 1. The molecule has 11 heteroatoms. The Morgan fingerprint density at radius 1 is 1.07 bits per heavy atom. The van der Waals surface area contributed by atoms with E-state index in [1.165, 1.54) is 6.92 Å². The van der Waals surface area contributed by atoms with Crippen LogP contribution in [0.5, 0.6) is 0 Å². The van der Waals surface area contributed by atoms with Crippen LogP contribution in [0.4, 0.5) is 19.0 Å². The maximum atomic E-state index is 12.7. The number of amides is 1. The van der Waals surface area contributed by atoms with Crippen LogP contribution in [-0.2, 0) is 24.1 Å². The number of carbonyl (C=O) groups is 1. The third-order valence-electron chi connectivity index (χ3n) is 4.41. The van der Waals surface area contributed by atoms with E-state index in [-0.39, 0.29) is 18.9 Å². The molecule has 6 nitrogen and oxygen atoms in total. The molecule has 0 spiro atoms. The minimum absolute atomic E-state index is 0.0216. The van der Waals surface area contributed by atoms with Crippen LogP contribution in [0.3, 0.4) is 0 Å². The molecule has 1 aromatic carbocycles. The van der Waals surface area contributed by atoms with Gasteiger partial charge in [-0.15, -0.1) is 0 Å². The molecule has 0 aliphatic heterocycles. The Balaban J connectivity index is 1.61. The SMILES string of the molecule is Cc1cc(NC(=O)CCn2nc(C(F)(F)F)cc2C)nn1Cc1ccc(Cl)cc1Cl. The fraction of sp³-hybridized carbons (Fsp3) is 0.316. The number of rotatable bonds is 6. The van der Waals surface area contributed by atoms with Crippen LogP contribution in [0.1, 0.15) is 29.1 Å². The lowest BCUT2D eigenvalue weighted by atomic mass is 10.2. The molecule has 0 fully saturated rings. The summed E-state index contributed by atoms with van der Waals surface area (Å²) in [7, 11) is 0. The summed E-state index contributed by atoms with van der Waals surface area (Å²) in [6, 6.07) is 7.81. The Bertz CT molecular complexity index is 1070. The molecule has 0 aliphatic carbocycles. The van der Waals surface area contributed by atoms with E-state index in [9.17, 15) is 18.0 Å². The normalized spacial score (nSPS) is 11.7. The minimum atomic E-state index is -4.52. The van der Waals surface area contributed by atoms with Crippen molar-refractivity contribution in [3.8, 4) is 0 Å². The van der Waals surface area contributed by atoms with E-state index in [2.05, 4.69) is 15.5 Å². The lowest BCUT2D eigenvalue weighted by Gasteiger charge is -2.07. The lowest BCUT2D eigenvalue weighted by Crippen LogP contribution is -2.16. The molecular formula is C19H18Cl2F3N5O. The van der Waals surface area contributed by atoms with Gasteiger partial charge >= 0.3 is 6.18 Å². The quantitative estimate of drug-likeness (QED) is 0.557. The number of aryl methyl sites for hydroxylation is 3. The Kier molecular flexibility index (Phi) is 6.42. The number of benzene rings is 1. The topological polar surface area (TPSA) is 64.7 Å². The maximum Gasteiger partial charge on any atom is 0.435 e. The summed E-state index contributed by atoms with van der Waals surface area (Å²) in [5, 5.41) is 11.5. The van der Waals surface area contributed by atoms with Crippen molar-refractivity contribution < 1.29 is 18.0 Å². The van der Waals surface area contributed by atoms with Crippen LogP contribution >= 0.6 is 23.2 Å². The van der Waals surface area contributed by atoms with E-state index in [4.69, 9.17) is 23.2 Å². The van der Waals surface area contributed by atoms with E-state index >= 15 is 0 Å². The van der Waals surface area contributed by atoms with Crippen molar-refractivity contribution in [3.05, 3.63) is 63.0 Å². The predicted molar refractivity (Wildman–Crippen MR) is 108 cm³/mol. The highest BCUT2D eigenvalue weighted by Gasteiger charge is 2.34. The summed E-state index contributed by atoms with van der Waals surface area (Å²) in [6.45, 7) is 3.75. The van der Waals surface area contributed by atoms with E-state index in [0.717, 1.165) is 22.0 Å². The zero-order valence-corrected chi connectivity index (χ0v) is 17.6. The largest absolute Gasteiger partial charge is 0.435 e. The van der Waals surface area contributed by atoms with Gasteiger partial charge in [0.1, 0.15) is 0 Å². The van der Waals surface area contributed by atoms with Gasteiger partial charge in [-0.1, -0.05) is 29.3 Å². The predicted octanol–water partition coefficient (Wildman–Crippen LogP) is 5.10. The molecule has 0 unspecified atom stereocenters. The molecule has 160 valence electrons. The van der Waals surface area contributed by atoms with Crippen LogP contribution in [-0.4, -0.2) is 25.5 Å². The first kappa shape index (κ1) is 22.2. The Morgan fingerprint density at radius 2 is 1.77 bits per heavy atom. The minimum Gasteiger partial charge on any atom is -0.309 e. The molecule has 30 heavy (non-hydrogen) atoms. The lowest BCUT2D eigenvalue weighted by molar-refractivity contribution is -0.141. The molecule has 1 amide bonds. The number of alkyl halides is 3. The molecule has 2 aromatic heterocycles. The second-order valence-corrected chi connectivity index (χ2v) is 7.60. The molecule has 1 N–H and O–H groups in total. The van der Waals surface area contributed by atoms with Crippen molar-refractivity contribution in [2.45, 2.75) is 39.5 Å². The average Bonchev–Trinajstić information content (AvgIpc) is 3.18. The first-order chi connectivity index (χ1) is 14.0. The van der Waals surface area contributed by atoms with E-state index in [1.807, 2.05) is 6.92 Å². The van der Waals surface area contributed by atoms with Crippen LogP contribution < -0.4 is 5.32 Å². The van der Waals surface area contributed by atoms with E-state index in [1.54, 1.807) is 28.9 Å². The zero-order valence-electron chi connectivity index (χ0n) is 16.1. The van der Waals surface area contributed by atoms with Crippen molar-refractivity contribution >= 4 is 34.9 Å². The molecule has 0 saturated carbocycles. The second-order valence-electron chi connectivity index (χ2n) is 6.75. The fourth-order valence-electron chi connectivity index (χ4n) is 2.83. The fourth-order valence-corrected chi connectivity index (χ4v) is 3.30. The summed E-state index contributed by atoms with van der Waals surface area (Å²) in [4.78, 5) is 12.2. The van der Waals surface area contributed by atoms with Gasteiger partial charge in [-0.2, -0.15) is 23.4 Å². The van der Waals surface area contributed by atoms with Gasteiger partial charge in [-0.25, -0.2) is 0 Å². The smallest absolute Gasteiger partial charge is 0.309 e. The first-order valence-corrected chi connectivity index (χ1v) is 9.68. The van der Waals surface area contributed by atoms with Crippen molar-refractivity contribution in [1.82, 2.24) is 19.6 Å². The van der Waals surface area contributed by atoms with E-state index in [0.29, 0.717) is 28.1 Å². The van der Waals surface area contributed by atoms with Gasteiger partial charge in [0, 0.05) is 40.5 Å². The van der Waals surface area contributed by atoms with Crippen molar-refractivity contribution in [2.24, 2.45) is 0 Å². The third kappa shape index (κ3) is 5.34. The van der Waals surface area contributed by atoms with Gasteiger partial charge in [0.05, 0.1) is 6.54 Å². The molecule has 0 bridgehead atoms. The number of anilines is 1. The number of hydrogen-bond donors (Lipinski definition) is 1. The Labute approximate surface area is 180 Å². The van der Waals surface area contributed by atoms with Crippen molar-refractivity contribution in [2.75, 3.05) is 5.32 Å². The number of nitrogens with zero attached hydrogens (tertiary/aromatic N) is 4. The number of hydrogen-bond acceptors (Lipinski definition) is 3. The zero-order chi connectivity index (χ0) is 22.1. The van der Waals surface area contributed by atoms with Gasteiger partial charge in [0.25, 0.3) is 0 Å². The maximum absolute atomic E-state index is 12.7. The third-order valence-corrected chi connectivity index (χ3v) is 4.99. The van der Waals surface area contributed by atoms with Crippen LogP contribution in [0.15, 0.2) is 30.3 Å². The van der Waals surface area contributed by atoms with E-state index < -0.39 is 11.9 Å². The van der Waals surface area contributed by atoms with Crippen LogP contribution in [0.2, 0.25) is 10.0 Å². The van der Waals surface area contributed by atoms with Crippen LogP contribution in [0.25, 0.3) is 0 Å². The monoisotopic (exact) mass is 459 g/mol. The van der Waals surface area contributed by atoms with Gasteiger partial charge in [-0.3, -0.25) is 14.2 Å². The van der Waals surface area contributed by atoms with Gasteiger partial charge < -0.3 is 5.32 Å². The van der Waals surface area contributed by atoms with Crippen LogP contribution in [0, 0.1) is 13.8 Å². The summed E-state index contributed by atoms with van der Waals surface area (Å²) < 4.78 is 41.0. The van der Waals surface area contributed by atoms with Gasteiger partial charge in [0.15, 0.2) is 11.5 Å². The summed E-state index contributed by atoms with van der Waals surface area (Å²) in [6.07, 6.45) is -4.57. The second kappa shape index (κ2) is 8.69. The van der Waals surface area contributed by atoms with Crippen molar-refractivity contribution in [3.63, 3.8) is 0 Å². The molecule has 0 aliphatic rings. The molecule has 0 saturated heterocycles. The number of halogens is 5. The van der Waals surface area contributed by atoms with Gasteiger partial charge in [-0.05, 0) is 37.6 Å². The highest BCUT2D eigenvalue weighted by molar-refractivity contribution is 6.35. The number of aromatic nitrogens is 4. The molecule has 0 atom stereocenters. The summed E-state index contributed by atoms with van der Waals surface area (Å²) in [5.41, 5.74) is 0.972. The molecular weight excluding hydrogens is 442 g/mol. The molecule has 3 rings (SSSR count). The van der Waals surface area contributed by atoms with Gasteiger partial charge in [0.2, 0.25) is 5.91 Å². The number of nitrogens with one attached hydrogen (secondary N) is 1. The van der Waals surface area contributed by atoms with Crippen molar-refractivity contribution in [1.29, 1.82) is 0 Å². The Hall–Kier alpha value is -2.52. The molecule has 2 heterocycles. The Morgan fingerprint density at radius 3 is 2.40 bits per heavy atom. The summed E-state index contributed by atoms with van der Waals surface area (Å²) in [5.74, 6) is -0.0385. The average molecular weight is 460 g/mol. The molecule has 0 radical (unpaired) electrons. The highest BCUT2D eigenvalue weighted by atomic mass is 35.5. The highest BCUT2D eigenvalue weighted by Crippen LogP contribution is 2.28. The summed E-state index contributed by atoms with van der Waals surface area (Å²) >= 11 is 12.1. The molecule has 3 aromatic rings.